The molecule has 1 aromatic carbocycles. The molecule has 0 radical (unpaired) electrons. The van der Waals surface area contributed by atoms with Crippen molar-refractivity contribution >= 4 is 18.6 Å². The molecule has 0 heterocycles. The number of hydrogen-bond acceptors (Lipinski definition) is 3. The monoisotopic (exact) mass is 219 g/mol. The fourth-order valence-corrected chi connectivity index (χ4v) is 1.27. The van der Waals surface area contributed by atoms with E-state index in [-0.39, 0.29) is 12.3 Å². The first-order valence-corrected chi connectivity index (χ1v) is 4.85. The molecular weight excluding hydrogens is 206 g/mol. The zero-order chi connectivity index (χ0) is 12.1. The zero-order valence-corrected chi connectivity index (χ0v) is 9.27. The van der Waals surface area contributed by atoms with Crippen LogP contribution in [0.4, 0.5) is 0 Å². The van der Waals surface area contributed by atoms with Crippen molar-refractivity contribution in [2.45, 2.75) is 13.8 Å². The van der Waals surface area contributed by atoms with Gasteiger partial charge in [-0.1, -0.05) is 12.1 Å². The summed E-state index contributed by atoms with van der Waals surface area (Å²) in [5.74, 6) is -0.248. The molecule has 0 fully saturated rings. The summed E-state index contributed by atoms with van der Waals surface area (Å²) >= 11 is 0. The zero-order valence-electron chi connectivity index (χ0n) is 9.27. The van der Waals surface area contributed by atoms with Crippen LogP contribution in [0.2, 0.25) is 0 Å². The predicted molar refractivity (Wildman–Crippen MR) is 59.1 cm³/mol. The molecule has 0 saturated carbocycles. The summed E-state index contributed by atoms with van der Waals surface area (Å²) < 4.78 is 0. The predicted octanol–water partition coefficient (Wildman–Crippen LogP) is 1.10. The van der Waals surface area contributed by atoms with Crippen LogP contribution in [0.3, 0.4) is 0 Å². The van der Waals surface area contributed by atoms with Gasteiger partial charge in [0.25, 0.3) is 0 Å². The van der Waals surface area contributed by atoms with E-state index in [9.17, 15) is 14.4 Å². The van der Waals surface area contributed by atoms with Crippen LogP contribution in [0.15, 0.2) is 18.2 Å². The number of aryl methyl sites for hydroxylation is 2. The van der Waals surface area contributed by atoms with E-state index in [1.807, 2.05) is 19.9 Å². The summed E-state index contributed by atoms with van der Waals surface area (Å²) in [5, 5.41) is 0. The molecule has 0 atom stereocenters. The van der Waals surface area contributed by atoms with Crippen LogP contribution in [0.5, 0.6) is 0 Å². The number of ketones is 1. The number of Topliss-reactive ketones (excluding diaryl/α,β-unsaturated/α-hetero) is 1. The first-order chi connectivity index (χ1) is 7.58. The van der Waals surface area contributed by atoms with Crippen LogP contribution in [0, 0.1) is 13.8 Å². The molecular formula is C12H13NO3. The van der Waals surface area contributed by atoms with Crippen molar-refractivity contribution in [3.63, 3.8) is 0 Å². The third-order valence-electron chi connectivity index (χ3n) is 2.43. The van der Waals surface area contributed by atoms with E-state index in [4.69, 9.17) is 0 Å². The highest BCUT2D eigenvalue weighted by atomic mass is 16.2. The van der Waals surface area contributed by atoms with Crippen molar-refractivity contribution in [2.24, 2.45) is 0 Å². The molecule has 0 saturated heterocycles. The summed E-state index contributed by atoms with van der Waals surface area (Å²) in [6.45, 7) is 3.64. The molecule has 84 valence electrons. The molecule has 0 unspecified atom stereocenters. The maximum absolute atomic E-state index is 11.7. The third kappa shape index (κ3) is 2.76. The van der Waals surface area contributed by atoms with Gasteiger partial charge in [0.1, 0.15) is 0 Å². The second-order valence-electron chi connectivity index (χ2n) is 3.61. The average molecular weight is 219 g/mol. The molecule has 0 bridgehead atoms. The smallest absolute Gasteiger partial charge is 0.216 e. The second kappa shape index (κ2) is 5.21. The molecule has 4 nitrogen and oxygen atoms in total. The van der Waals surface area contributed by atoms with E-state index in [1.54, 1.807) is 12.1 Å². The number of hydrogen-bond donors (Lipinski definition) is 0. The summed E-state index contributed by atoms with van der Waals surface area (Å²) in [5.41, 5.74) is 2.62. The van der Waals surface area contributed by atoms with Gasteiger partial charge in [-0.3, -0.25) is 19.3 Å². The number of carbonyl (C=O) groups is 3. The van der Waals surface area contributed by atoms with Gasteiger partial charge in [-0.2, -0.15) is 0 Å². The van der Waals surface area contributed by atoms with E-state index in [2.05, 4.69) is 0 Å². The molecule has 4 heteroatoms. The largest absolute Gasteiger partial charge is 0.292 e. The lowest BCUT2D eigenvalue weighted by Gasteiger charge is -2.08. The van der Waals surface area contributed by atoms with E-state index in [0.29, 0.717) is 18.4 Å². The van der Waals surface area contributed by atoms with Crippen LogP contribution in [0.25, 0.3) is 0 Å². The molecule has 0 aliphatic carbocycles. The molecule has 0 spiro atoms. The Morgan fingerprint density at radius 3 is 2.31 bits per heavy atom. The molecule has 2 amide bonds. The molecule has 0 N–H and O–H groups in total. The number of amides is 2. The van der Waals surface area contributed by atoms with Crippen molar-refractivity contribution in [3.05, 3.63) is 34.9 Å². The third-order valence-corrected chi connectivity index (χ3v) is 2.43. The second-order valence-corrected chi connectivity index (χ2v) is 3.61. The first kappa shape index (κ1) is 12.1. The summed E-state index contributed by atoms with van der Waals surface area (Å²) in [6.07, 6.45) is 0.678. The highest BCUT2D eigenvalue weighted by molar-refractivity contribution is 5.99. The summed E-state index contributed by atoms with van der Waals surface area (Å²) in [4.78, 5) is 33.2. The van der Waals surface area contributed by atoms with E-state index in [1.165, 1.54) is 0 Å². The molecule has 1 rings (SSSR count). The van der Waals surface area contributed by atoms with Crippen molar-refractivity contribution < 1.29 is 14.4 Å². The average Bonchev–Trinajstić information content (AvgIpc) is 2.29. The van der Waals surface area contributed by atoms with Gasteiger partial charge in [-0.05, 0) is 31.0 Å². The Balaban J connectivity index is 2.84. The lowest BCUT2D eigenvalue weighted by Crippen LogP contribution is -2.27. The highest BCUT2D eigenvalue weighted by Crippen LogP contribution is 2.10. The topological polar surface area (TPSA) is 54.5 Å². The minimum absolute atomic E-state index is 0.213. The SMILES string of the molecule is Cc1ccc(C(=O)CN(C=O)C=O)cc1C. The van der Waals surface area contributed by atoms with Crippen LogP contribution < -0.4 is 0 Å². The maximum Gasteiger partial charge on any atom is 0.216 e. The standard InChI is InChI=1S/C12H13NO3/c1-9-3-4-11(5-10(9)2)12(16)6-13(7-14)8-15/h3-5,7-8H,6H2,1-2H3. The normalized spacial score (nSPS) is 9.62. The van der Waals surface area contributed by atoms with Gasteiger partial charge >= 0.3 is 0 Å². The van der Waals surface area contributed by atoms with E-state index in [0.717, 1.165) is 16.0 Å². The molecule has 16 heavy (non-hydrogen) atoms. The van der Waals surface area contributed by atoms with Gasteiger partial charge in [0.2, 0.25) is 12.8 Å². The lowest BCUT2D eigenvalue weighted by molar-refractivity contribution is -0.128. The van der Waals surface area contributed by atoms with Gasteiger partial charge in [-0.25, -0.2) is 0 Å². The van der Waals surface area contributed by atoms with Crippen molar-refractivity contribution in [1.82, 2.24) is 4.90 Å². The Labute approximate surface area is 93.9 Å². The minimum Gasteiger partial charge on any atom is -0.292 e. The Morgan fingerprint density at radius 1 is 1.19 bits per heavy atom. The number of imide groups is 1. The Morgan fingerprint density at radius 2 is 1.81 bits per heavy atom. The Bertz CT molecular complexity index is 418. The number of rotatable bonds is 5. The molecule has 0 aromatic heterocycles. The number of benzene rings is 1. The molecule has 0 aliphatic heterocycles. The van der Waals surface area contributed by atoms with Gasteiger partial charge in [0.05, 0.1) is 6.54 Å². The van der Waals surface area contributed by atoms with Gasteiger partial charge < -0.3 is 0 Å². The molecule has 1 aromatic rings. The highest BCUT2D eigenvalue weighted by Gasteiger charge is 2.10. The van der Waals surface area contributed by atoms with Gasteiger partial charge in [-0.15, -0.1) is 0 Å². The van der Waals surface area contributed by atoms with Crippen molar-refractivity contribution in [1.29, 1.82) is 0 Å². The fraction of sp³-hybridized carbons (Fsp3) is 0.250. The molecule has 0 aliphatic rings. The van der Waals surface area contributed by atoms with E-state index >= 15 is 0 Å². The van der Waals surface area contributed by atoms with Crippen molar-refractivity contribution in [2.75, 3.05) is 6.54 Å². The number of nitrogens with zero attached hydrogens (tertiary/aromatic N) is 1. The van der Waals surface area contributed by atoms with E-state index < -0.39 is 0 Å². The van der Waals surface area contributed by atoms with Crippen LogP contribution in [0.1, 0.15) is 21.5 Å². The Hall–Kier alpha value is -1.97. The Kier molecular flexibility index (Phi) is 3.94. The summed E-state index contributed by atoms with van der Waals surface area (Å²) in [7, 11) is 0. The van der Waals surface area contributed by atoms with Crippen LogP contribution >= 0.6 is 0 Å². The summed E-state index contributed by atoms with van der Waals surface area (Å²) in [6, 6.07) is 5.29. The fourth-order valence-electron chi connectivity index (χ4n) is 1.27. The minimum atomic E-state index is -0.248. The van der Waals surface area contributed by atoms with Gasteiger partial charge in [0.15, 0.2) is 5.78 Å². The van der Waals surface area contributed by atoms with Crippen LogP contribution in [-0.2, 0) is 9.59 Å². The first-order valence-electron chi connectivity index (χ1n) is 4.85. The maximum atomic E-state index is 11.7. The quantitative estimate of drug-likeness (QED) is 0.550. The van der Waals surface area contributed by atoms with Crippen LogP contribution in [-0.4, -0.2) is 30.0 Å². The van der Waals surface area contributed by atoms with Crippen molar-refractivity contribution in [3.8, 4) is 0 Å². The lowest BCUT2D eigenvalue weighted by atomic mass is 10.0. The van der Waals surface area contributed by atoms with Gasteiger partial charge in [0, 0.05) is 5.56 Å². The number of carbonyl (C=O) groups excluding carboxylic acids is 3.